The van der Waals surface area contributed by atoms with Gasteiger partial charge in [0.2, 0.25) is 0 Å². The molecule has 144 valence electrons. The quantitative estimate of drug-likeness (QED) is 0.829. The van der Waals surface area contributed by atoms with Crippen LogP contribution in [-0.4, -0.2) is 44.1 Å². The van der Waals surface area contributed by atoms with E-state index in [-0.39, 0.29) is 17.8 Å². The molecule has 0 aliphatic carbocycles. The number of hydrogen-bond donors (Lipinski definition) is 1. The van der Waals surface area contributed by atoms with Gasteiger partial charge in [0.1, 0.15) is 9.97 Å². The molecule has 6 nitrogen and oxygen atoms in total. The molecule has 4 heterocycles. The van der Waals surface area contributed by atoms with E-state index < -0.39 is 10.0 Å². The number of thiophene rings is 1. The maximum Gasteiger partial charge on any atom is 0.252 e. The molecule has 26 heavy (non-hydrogen) atoms. The van der Waals surface area contributed by atoms with Gasteiger partial charge in [-0.15, -0.1) is 23.7 Å². The molecule has 2 aliphatic heterocycles. The number of sulfonamides is 1. The SMILES string of the molecule is Cc1noc(C)c1-c1ccc(S(=O)(=O)N2CCCC3(CCNC3)C2)s1.Cl. The molecule has 2 aromatic heterocycles. The molecule has 2 aliphatic rings. The van der Waals surface area contributed by atoms with Crippen LogP contribution in [0.25, 0.3) is 10.4 Å². The first kappa shape index (κ1) is 19.8. The fourth-order valence-corrected chi connectivity index (χ4v) is 7.26. The predicted molar refractivity (Wildman–Crippen MR) is 104 cm³/mol. The summed E-state index contributed by atoms with van der Waals surface area (Å²) in [7, 11) is -3.45. The average Bonchev–Trinajstić information content (AvgIpc) is 3.30. The monoisotopic (exact) mass is 417 g/mol. The number of nitrogens with one attached hydrogen (secondary N) is 1. The van der Waals surface area contributed by atoms with Crippen molar-refractivity contribution in [1.82, 2.24) is 14.8 Å². The Kier molecular flexibility index (Phi) is 5.52. The van der Waals surface area contributed by atoms with Gasteiger partial charge < -0.3 is 9.84 Å². The molecule has 1 N–H and O–H groups in total. The second-order valence-corrected chi connectivity index (χ2v) is 10.4. The fourth-order valence-electron chi connectivity index (χ4n) is 4.07. The van der Waals surface area contributed by atoms with Crippen LogP contribution in [0.2, 0.25) is 0 Å². The molecule has 2 saturated heterocycles. The lowest BCUT2D eigenvalue weighted by Crippen LogP contribution is -2.46. The minimum atomic E-state index is -3.45. The Hall–Kier alpha value is -0.930. The maximum atomic E-state index is 13.2. The summed E-state index contributed by atoms with van der Waals surface area (Å²) in [6.45, 7) is 6.88. The van der Waals surface area contributed by atoms with Crippen LogP contribution in [0.1, 0.15) is 30.7 Å². The van der Waals surface area contributed by atoms with Gasteiger partial charge in [-0.05, 0) is 57.2 Å². The van der Waals surface area contributed by atoms with E-state index in [1.165, 1.54) is 11.3 Å². The van der Waals surface area contributed by atoms with E-state index in [0.29, 0.717) is 17.3 Å². The highest BCUT2D eigenvalue weighted by molar-refractivity contribution is 7.91. The van der Waals surface area contributed by atoms with Gasteiger partial charge in [-0.1, -0.05) is 5.16 Å². The summed E-state index contributed by atoms with van der Waals surface area (Å²) in [4.78, 5) is 0.893. The number of halogens is 1. The second-order valence-electron chi connectivity index (χ2n) is 7.19. The Balaban J connectivity index is 0.00000196. The van der Waals surface area contributed by atoms with Crippen LogP contribution in [0.15, 0.2) is 20.9 Å². The van der Waals surface area contributed by atoms with Crippen molar-refractivity contribution in [2.24, 2.45) is 5.41 Å². The lowest BCUT2D eigenvalue weighted by molar-refractivity contribution is 0.167. The zero-order chi connectivity index (χ0) is 17.7. The number of hydrogen-bond acceptors (Lipinski definition) is 6. The topological polar surface area (TPSA) is 75.4 Å². The van der Waals surface area contributed by atoms with E-state index in [1.807, 2.05) is 19.9 Å². The van der Waals surface area contributed by atoms with Crippen LogP contribution in [0.3, 0.4) is 0 Å². The van der Waals surface area contributed by atoms with Crippen LogP contribution in [0.4, 0.5) is 0 Å². The fraction of sp³-hybridized carbons (Fsp3) is 0.588. The van der Waals surface area contributed by atoms with Crippen molar-refractivity contribution in [3.63, 3.8) is 0 Å². The second kappa shape index (κ2) is 7.24. The first-order chi connectivity index (χ1) is 11.9. The van der Waals surface area contributed by atoms with E-state index >= 15 is 0 Å². The van der Waals surface area contributed by atoms with Gasteiger partial charge in [0, 0.05) is 24.5 Å². The van der Waals surface area contributed by atoms with Gasteiger partial charge >= 0.3 is 0 Å². The van der Waals surface area contributed by atoms with E-state index in [0.717, 1.165) is 54.2 Å². The molecule has 0 radical (unpaired) electrons. The summed E-state index contributed by atoms with van der Waals surface area (Å²) in [5.74, 6) is 0.720. The number of aryl methyl sites for hydroxylation is 2. The third-order valence-corrected chi connectivity index (χ3v) is 8.83. The van der Waals surface area contributed by atoms with Crippen molar-refractivity contribution in [2.45, 2.75) is 37.3 Å². The van der Waals surface area contributed by atoms with Crippen molar-refractivity contribution in [3.05, 3.63) is 23.6 Å². The number of piperidine rings is 1. The Bertz CT molecular complexity index is 865. The summed E-state index contributed by atoms with van der Waals surface area (Å²) in [5.41, 5.74) is 1.81. The number of rotatable bonds is 3. The molecule has 4 rings (SSSR count). The molecule has 2 fully saturated rings. The summed E-state index contributed by atoms with van der Waals surface area (Å²) in [6, 6.07) is 3.58. The van der Waals surface area contributed by atoms with Crippen LogP contribution < -0.4 is 5.32 Å². The first-order valence-electron chi connectivity index (χ1n) is 8.65. The molecular weight excluding hydrogens is 394 g/mol. The van der Waals surface area contributed by atoms with Crippen molar-refractivity contribution in [2.75, 3.05) is 26.2 Å². The van der Waals surface area contributed by atoms with Crippen LogP contribution in [0.5, 0.6) is 0 Å². The lowest BCUT2D eigenvalue weighted by Gasteiger charge is -2.38. The normalized spacial score (nSPS) is 24.1. The molecule has 0 aromatic carbocycles. The highest BCUT2D eigenvalue weighted by Crippen LogP contribution is 2.40. The molecule has 1 unspecified atom stereocenters. The third-order valence-electron chi connectivity index (χ3n) is 5.41. The van der Waals surface area contributed by atoms with Gasteiger partial charge in [0.25, 0.3) is 10.0 Å². The zero-order valence-electron chi connectivity index (χ0n) is 14.9. The predicted octanol–water partition coefficient (Wildman–Crippen LogP) is 3.21. The van der Waals surface area contributed by atoms with Crippen molar-refractivity contribution >= 4 is 33.8 Å². The number of aromatic nitrogens is 1. The van der Waals surface area contributed by atoms with Crippen LogP contribution >= 0.6 is 23.7 Å². The largest absolute Gasteiger partial charge is 0.361 e. The smallest absolute Gasteiger partial charge is 0.252 e. The summed E-state index contributed by atoms with van der Waals surface area (Å²) < 4.78 is 33.6. The molecule has 0 amide bonds. The minimum absolute atomic E-state index is 0. The van der Waals surface area contributed by atoms with Gasteiger partial charge in [-0.2, -0.15) is 4.31 Å². The van der Waals surface area contributed by atoms with Gasteiger partial charge in [-0.25, -0.2) is 8.42 Å². The first-order valence-corrected chi connectivity index (χ1v) is 10.9. The summed E-state index contributed by atoms with van der Waals surface area (Å²) >= 11 is 1.31. The Morgan fingerprint density at radius 3 is 2.77 bits per heavy atom. The van der Waals surface area contributed by atoms with E-state index in [9.17, 15) is 8.42 Å². The third kappa shape index (κ3) is 3.33. The summed E-state index contributed by atoms with van der Waals surface area (Å²) in [6.07, 6.45) is 3.11. The minimum Gasteiger partial charge on any atom is -0.361 e. The van der Waals surface area contributed by atoms with Crippen molar-refractivity contribution in [3.8, 4) is 10.4 Å². The highest BCUT2D eigenvalue weighted by Gasteiger charge is 2.42. The van der Waals surface area contributed by atoms with Crippen molar-refractivity contribution in [1.29, 1.82) is 0 Å². The molecule has 0 saturated carbocycles. The standard InChI is InChI=1S/C17H23N3O3S2.ClH/c1-12-16(13(2)23-19-12)14-4-5-15(24-14)25(21,22)20-9-3-6-17(11-20)7-8-18-10-17;/h4-5,18H,3,6-11H2,1-2H3;1H. The Morgan fingerprint density at radius 2 is 2.12 bits per heavy atom. The van der Waals surface area contributed by atoms with Crippen LogP contribution in [-0.2, 0) is 10.0 Å². The van der Waals surface area contributed by atoms with E-state index in [1.54, 1.807) is 10.4 Å². The number of nitrogens with zero attached hydrogens (tertiary/aromatic N) is 2. The Morgan fingerprint density at radius 1 is 1.31 bits per heavy atom. The van der Waals surface area contributed by atoms with Crippen molar-refractivity contribution < 1.29 is 12.9 Å². The maximum absolute atomic E-state index is 13.2. The zero-order valence-corrected chi connectivity index (χ0v) is 17.4. The highest BCUT2D eigenvalue weighted by atomic mass is 35.5. The molecule has 0 bridgehead atoms. The van der Waals surface area contributed by atoms with Gasteiger partial charge in [0.15, 0.2) is 0 Å². The molecular formula is C17H24ClN3O3S2. The Labute approximate surface area is 164 Å². The van der Waals surface area contributed by atoms with E-state index in [4.69, 9.17) is 4.52 Å². The molecule has 2 aromatic rings. The van der Waals surface area contributed by atoms with Gasteiger partial charge in [0.05, 0.1) is 11.3 Å². The molecule has 1 atom stereocenters. The van der Waals surface area contributed by atoms with Gasteiger partial charge in [-0.3, -0.25) is 0 Å². The average molecular weight is 418 g/mol. The molecule has 1 spiro atoms. The lowest BCUT2D eigenvalue weighted by atomic mass is 9.80. The summed E-state index contributed by atoms with van der Waals surface area (Å²) in [5, 5.41) is 7.36. The molecule has 9 heteroatoms. The van der Waals surface area contributed by atoms with E-state index in [2.05, 4.69) is 10.5 Å². The van der Waals surface area contributed by atoms with Crippen LogP contribution in [0, 0.1) is 19.3 Å².